The molecule has 0 amide bonds. The van der Waals surface area contributed by atoms with Gasteiger partial charge in [-0.05, 0) is 36.0 Å². The summed E-state index contributed by atoms with van der Waals surface area (Å²) in [4.78, 5) is 6.62. The fourth-order valence-corrected chi connectivity index (χ4v) is 2.83. The molecule has 0 aliphatic carbocycles. The maximum absolute atomic E-state index is 5.51. The summed E-state index contributed by atoms with van der Waals surface area (Å²) in [5.41, 5.74) is 9.63. The predicted molar refractivity (Wildman–Crippen MR) is 82.1 cm³/mol. The molecule has 5 nitrogen and oxygen atoms in total. The average molecular weight is 286 g/mol. The van der Waals surface area contributed by atoms with Crippen LogP contribution in [0.2, 0.25) is 0 Å². The van der Waals surface area contributed by atoms with Crippen molar-refractivity contribution >= 4 is 5.69 Å². The highest BCUT2D eigenvalue weighted by Crippen LogP contribution is 2.30. The molecule has 0 bridgehead atoms. The molecule has 1 aliphatic heterocycles. The van der Waals surface area contributed by atoms with E-state index in [0.717, 1.165) is 19.4 Å². The third kappa shape index (κ3) is 2.93. The smallest absolute Gasteiger partial charge is 0.240 e. The van der Waals surface area contributed by atoms with Crippen LogP contribution in [0.3, 0.4) is 0 Å². The Balaban J connectivity index is 1.83. The Labute approximate surface area is 125 Å². The monoisotopic (exact) mass is 286 g/mol. The quantitative estimate of drug-likeness (QED) is 0.935. The molecular formula is C16H22N4O. The summed E-state index contributed by atoms with van der Waals surface area (Å²) in [7, 11) is 0. The third-order valence-corrected chi connectivity index (χ3v) is 4.00. The second-order valence-corrected chi connectivity index (χ2v) is 5.88. The largest absolute Gasteiger partial charge is 0.364 e. The number of nitrogens with zero attached hydrogens (tertiary/aromatic N) is 3. The van der Waals surface area contributed by atoms with Gasteiger partial charge in [-0.3, -0.25) is 0 Å². The Kier molecular flexibility index (Phi) is 3.92. The zero-order valence-electron chi connectivity index (χ0n) is 12.7. The van der Waals surface area contributed by atoms with Gasteiger partial charge in [0, 0.05) is 12.2 Å². The molecule has 0 saturated heterocycles. The highest BCUT2D eigenvalue weighted by atomic mass is 16.5. The number of anilines is 1. The number of hydrogen-bond donors (Lipinski definition) is 1. The normalized spacial score (nSPS) is 14.6. The van der Waals surface area contributed by atoms with E-state index < -0.39 is 0 Å². The van der Waals surface area contributed by atoms with E-state index in [0.29, 0.717) is 30.7 Å². The molecule has 2 N–H and O–H groups in total. The van der Waals surface area contributed by atoms with Crippen LogP contribution in [-0.4, -0.2) is 16.7 Å². The highest BCUT2D eigenvalue weighted by Gasteiger charge is 2.19. The zero-order valence-corrected chi connectivity index (χ0v) is 12.7. The van der Waals surface area contributed by atoms with Gasteiger partial charge >= 0.3 is 0 Å². The van der Waals surface area contributed by atoms with Crippen LogP contribution in [0.4, 0.5) is 5.69 Å². The Morgan fingerprint density at radius 3 is 2.95 bits per heavy atom. The average Bonchev–Trinajstić information content (AvgIpc) is 2.94. The molecule has 1 aliphatic rings. The van der Waals surface area contributed by atoms with E-state index in [4.69, 9.17) is 10.3 Å². The van der Waals surface area contributed by atoms with Crippen molar-refractivity contribution in [3.63, 3.8) is 0 Å². The summed E-state index contributed by atoms with van der Waals surface area (Å²) in [6.07, 6.45) is 2.31. The number of aryl methyl sites for hydroxylation is 1. The van der Waals surface area contributed by atoms with Gasteiger partial charge in [0.2, 0.25) is 5.89 Å². The van der Waals surface area contributed by atoms with Gasteiger partial charge in [-0.1, -0.05) is 31.1 Å². The lowest BCUT2D eigenvalue weighted by molar-refractivity contribution is 0.374. The van der Waals surface area contributed by atoms with E-state index in [9.17, 15) is 0 Å². The lowest BCUT2D eigenvalue weighted by atomic mass is 9.95. The summed E-state index contributed by atoms with van der Waals surface area (Å²) in [6.45, 7) is 6.46. The van der Waals surface area contributed by atoms with Crippen molar-refractivity contribution in [1.82, 2.24) is 10.1 Å². The molecule has 0 unspecified atom stereocenters. The van der Waals surface area contributed by atoms with Crippen molar-refractivity contribution < 1.29 is 4.52 Å². The molecule has 0 spiro atoms. The molecule has 2 heterocycles. The van der Waals surface area contributed by atoms with Crippen molar-refractivity contribution in [2.75, 3.05) is 11.4 Å². The molecule has 0 fully saturated rings. The van der Waals surface area contributed by atoms with Crippen molar-refractivity contribution in [3.8, 4) is 0 Å². The number of hydrogen-bond acceptors (Lipinski definition) is 5. The Bertz CT molecular complexity index is 620. The first-order valence-electron chi connectivity index (χ1n) is 7.56. The van der Waals surface area contributed by atoms with Gasteiger partial charge in [0.15, 0.2) is 5.82 Å². The van der Waals surface area contributed by atoms with Crippen molar-refractivity contribution in [2.45, 2.75) is 45.7 Å². The fraction of sp³-hybridized carbons (Fsp3) is 0.500. The standard InChI is InChI=1S/C16H22N4O/c1-11(2)12-5-6-14-13(8-12)4-3-7-20(14)10-15-18-16(9-17)21-19-15/h5-6,8,11H,3-4,7,9-10,17H2,1-2H3. The lowest BCUT2D eigenvalue weighted by Crippen LogP contribution is -2.29. The number of aromatic nitrogens is 2. The lowest BCUT2D eigenvalue weighted by Gasteiger charge is -2.31. The van der Waals surface area contributed by atoms with Gasteiger partial charge in [0.1, 0.15) is 0 Å². The van der Waals surface area contributed by atoms with Gasteiger partial charge < -0.3 is 15.2 Å². The molecule has 5 heteroatoms. The minimum absolute atomic E-state index is 0.293. The third-order valence-electron chi connectivity index (χ3n) is 4.00. The first kappa shape index (κ1) is 14.1. The molecule has 1 aromatic carbocycles. The van der Waals surface area contributed by atoms with E-state index in [-0.39, 0.29) is 0 Å². The van der Waals surface area contributed by atoms with Crippen LogP contribution in [0.15, 0.2) is 22.7 Å². The van der Waals surface area contributed by atoms with Gasteiger partial charge in [-0.2, -0.15) is 4.98 Å². The van der Waals surface area contributed by atoms with Crippen molar-refractivity contribution in [3.05, 3.63) is 41.0 Å². The van der Waals surface area contributed by atoms with Crippen LogP contribution >= 0.6 is 0 Å². The van der Waals surface area contributed by atoms with Gasteiger partial charge in [0.25, 0.3) is 0 Å². The molecule has 112 valence electrons. The molecule has 0 atom stereocenters. The van der Waals surface area contributed by atoms with Crippen LogP contribution in [0.5, 0.6) is 0 Å². The minimum Gasteiger partial charge on any atom is -0.364 e. The summed E-state index contributed by atoms with van der Waals surface area (Å²) < 4.78 is 5.08. The molecular weight excluding hydrogens is 264 g/mol. The van der Waals surface area contributed by atoms with Gasteiger partial charge in [-0.25, -0.2) is 0 Å². The first-order valence-corrected chi connectivity index (χ1v) is 7.56. The van der Waals surface area contributed by atoms with E-state index in [1.807, 2.05) is 0 Å². The summed E-state index contributed by atoms with van der Waals surface area (Å²) in [5.74, 6) is 1.77. The molecule has 0 radical (unpaired) electrons. The number of rotatable bonds is 4. The van der Waals surface area contributed by atoms with E-state index >= 15 is 0 Å². The van der Waals surface area contributed by atoms with Crippen LogP contribution < -0.4 is 10.6 Å². The molecule has 2 aromatic rings. The molecule has 3 rings (SSSR count). The van der Waals surface area contributed by atoms with Crippen molar-refractivity contribution in [2.24, 2.45) is 5.73 Å². The van der Waals surface area contributed by atoms with E-state index in [2.05, 4.69) is 47.1 Å². The molecule has 21 heavy (non-hydrogen) atoms. The Morgan fingerprint density at radius 1 is 1.38 bits per heavy atom. The van der Waals surface area contributed by atoms with E-state index in [1.54, 1.807) is 0 Å². The van der Waals surface area contributed by atoms with E-state index in [1.165, 1.54) is 16.8 Å². The Morgan fingerprint density at radius 2 is 2.24 bits per heavy atom. The number of fused-ring (bicyclic) bond motifs is 1. The summed E-state index contributed by atoms with van der Waals surface area (Å²) in [6, 6.07) is 6.80. The SMILES string of the molecule is CC(C)c1ccc2c(c1)CCCN2Cc1noc(CN)n1. The first-order chi connectivity index (χ1) is 10.2. The maximum atomic E-state index is 5.51. The van der Waals surface area contributed by atoms with Crippen molar-refractivity contribution in [1.29, 1.82) is 0 Å². The predicted octanol–water partition coefficient (Wildman–Crippen LogP) is 2.60. The van der Waals surface area contributed by atoms with Gasteiger partial charge in [-0.15, -0.1) is 0 Å². The second-order valence-electron chi connectivity index (χ2n) is 5.88. The second kappa shape index (κ2) is 5.85. The summed E-state index contributed by atoms with van der Waals surface area (Å²) in [5, 5.41) is 3.99. The van der Waals surface area contributed by atoms with Crippen LogP contribution in [-0.2, 0) is 19.5 Å². The topological polar surface area (TPSA) is 68.2 Å². The molecule has 1 aromatic heterocycles. The molecule has 0 saturated carbocycles. The number of benzene rings is 1. The Hall–Kier alpha value is -1.88. The summed E-state index contributed by atoms with van der Waals surface area (Å²) >= 11 is 0. The number of nitrogens with two attached hydrogens (primary N) is 1. The zero-order chi connectivity index (χ0) is 14.8. The minimum atomic E-state index is 0.293. The highest BCUT2D eigenvalue weighted by molar-refractivity contribution is 5.57. The van der Waals surface area contributed by atoms with Crippen LogP contribution in [0.25, 0.3) is 0 Å². The van der Waals surface area contributed by atoms with Crippen LogP contribution in [0, 0.1) is 0 Å². The maximum Gasteiger partial charge on any atom is 0.240 e. The fourth-order valence-electron chi connectivity index (χ4n) is 2.83. The van der Waals surface area contributed by atoms with Crippen LogP contribution in [0.1, 0.15) is 49.0 Å². The van der Waals surface area contributed by atoms with Gasteiger partial charge in [0.05, 0.1) is 13.1 Å².